The molecule has 0 unspecified atom stereocenters. The fourth-order valence-electron chi connectivity index (χ4n) is 2.04. The van der Waals surface area contributed by atoms with Gasteiger partial charge in [-0.25, -0.2) is 0 Å². The van der Waals surface area contributed by atoms with E-state index < -0.39 is 0 Å². The van der Waals surface area contributed by atoms with Gasteiger partial charge in [-0.2, -0.15) is 28.1 Å². The van der Waals surface area contributed by atoms with Gasteiger partial charge in [0, 0.05) is 17.2 Å². The van der Waals surface area contributed by atoms with Crippen LogP contribution in [-0.2, 0) is 6.54 Å². The summed E-state index contributed by atoms with van der Waals surface area (Å²) in [5, 5.41) is 8.09. The van der Waals surface area contributed by atoms with Crippen molar-refractivity contribution in [2.45, 2.75) is 19.0 Å². The lowest BCUT2D eigenvalue weighted by Gasteiger charge is -2.21. The van der Waals surface area contributed by atoms with E-state index in [2.05, 4.69) is 22.1 Å². The number of thioether (sulfide) groups is 1. The first kappa shape index (κ1) is 12.2. The van der Waals surface area contributed by atoms with Crippen molar-refractivity contribution < 1.29 is 4.52 Å². The first-order valence-electron chi connectivity index (χ1n) is 5.96. The number of hydrogen-bond acceptors (Lipinski definition) is 6. The van der Waals surface area contributed by atoms with Gasteiger partial charge >= 0.3 is 0 Å². The molecule has 3 heterocycles. The van der Waals surface area contributed by atoms with E-state index in [1.807, 2.05) is 28.6 Å². The lowest BCUT2D eigenvalue weighted by Crippen LogP contribution is -2.31. The third-order valence-corrected chi connectivity index (χ3v) is 4.98. The van der Waals surface area contributed by atoms with E-state index in [4.69, 9.17) is 4.52 Å². The first-order valence-corrected chi connectivity index (χ1v) is 8.06. The molecule has 0 amide bonds. The van der Waals surface area contributed by atoms with Crippen LogP contribution in [0.15, 0.2) is 21.3 Å². The van der Waals surface area contributed by atoms with E-state index in [9.17, 15) is 0 Å². The number of aromatic nitrogens is 2. The zero-order chi connectivity index (χ0) is 12.4. The molecular weight excluding hydrogens is 266 g/mol. The Morgan fingerprint density at radius 1 is 1.56 bits per heavy atom. The quantitative estimate of drug-likeness (QED) is 0.862. The molecule has 3 rings (SSSR count). The molecule has 1 fully saturated rings. The van der Waals surface area contributed by atoms with Gasteiger partial charge in [-0.15, -0.1) is 0 Å². The molecule has 2 aromatic rings. The molecule has 0 saturated carbocycles. The average Bonchev–Trinajstić information content (AvgIpc) is 3.12. The molecule has 1 aliphatic rings. The van der Waals surface area contributed by atoms with E-state index in [1.54, 1.807) is 11.3 Å². The van der Waals surface area contributed by atoms with Crippen LogP contribution in [0.2, 0.25) is 0 Å². The highest BCUT2D eigenvalue weighted by Crippen LogP contribution is 2.23. The molecule has 4 nitrogen and oxygen atoms in total. The summed E-state index contributed by atoms with van der Waals surface area (Å²) in [5.74, 6) is 3.88. The topological polar surface area (TPSA) is 42.2 Å². The number of hydrogen-bond donors (Lipinski definition) is 0. The van der Waals surface area contributed by atoms with Crippen molar-refractivity contribution in [2.24, 2.45) is 0 Å². The molecule has 0 radical (unpaired) electrons. The van der Waals surface area contributed by atoms with E-state index in [1.165, 1.54) is 17.9 Å². The van der Waals surface area contributed by atoms with Crippen LogP contribution in [0.1, 0.15) is 12.2 Å². The van der Waals surface area contributed by atoms with Gasteiger partial charge in [0.1, 0.15) is 0 Å². The third kappa shape index (κ3) is 2.60. The summed E-state index contributed by atoms with van der Waals surface area (Å²) >= 11 is 3.66. The Bertz CT molecular complexity index is 491. The van der Waals surface area contributed by atoms with Crippen LogP contribution in [-0.4, -0.2) is 39.6 Å². The summed E-state index contributed by atoms with van der Waals surface area (Å²) < 4.78 is 5.29. The zero-order valence-corrected chi connectivity index (χ0v) is 11.8. The molecule has 96 valence electrons. The number of thiophene rings is 1. The summed E-state index contributed by atoms with van der Waals surface area (Å²) in [5.41, 5.74) is 1.01. The Morgan fingerprint density at radius 2 is 2.50 bits per heavy atom. The van der Waals surface area contributed by atoms with Crippen molar-refractivity contribution in [1.29, 1.82) is 0 Å². The summed E-state index contributed by atoms with van der Waals surface area (Å²) in [7, 11) is 2.14. The van der Waals surface area contributed by atoms with Gasteiger partial charge in [-0.05, 0) is 30.7 Å². The standard InChI is InChI=1S/C12H15N3OS2/c1-15(10-3-5-18-8-10)6-11-13-12(16-14-11)9-2-4-17-7-9/h2,4,7,10H,3,5-6,8H2,1H3/t10-/m1/s1. The van der Waals surface area contributed by atoms with Crippen LogP contribution in [0.4, 0.5) is 0 Å². The Morgan fingerprint density at radius 3 is 3.22 bits per heavy atom. The second kappa shape index (κ2) is 5.42. The third-order valence-electron chi connectivity index (χ3n) is 3.16. The maximum absolute atomic E-state index is 5.29. The molecule has 1 atom stereocenters. The Kier molecular flexibility index (Phi) is 3.67. The minimum atomic E-state index is 0.625. The van der Waals surface area contributed by atoms with Gasteiger partial charge in [0.25, 0.3) is 5.89 Å². The fourth-order valence-corrected chi connectivity index (χ4v) is 3.97. The monoisotopic (exact) mass is 281 g/mol. The minimum Gasteiger partial charge on any atom is -0.334 e. The number of rotatable bonds is 4. The molecule has 0 N–H and O–H groups in total. The van der Waals surface area contributed by atoms with Gasteiger partial charge in [0.2, 0.25) is 0 Å². The fraction of sp³-hybridized carbons (Fsp3) is 0.500. The van der Waals surface area contributed by atoms with Crippen LogP contribution < -0.4 is 0 Å². The van der Waals surface area contributed by atoms with E-state index in [-0.39, 0.29) is 0 Å². The molecule has 6 heteroatoms. The van der Waals surface area contributed by atoms with Crippen LogP contribution in [0.5, 0.6) is 0 Å². The van der Waals surface area contributed by atoms with Crippen molar-refractivity contribution in [3.63, 3.8) is 0 Å². The molecular formula is C12H15N3OS2. The van der Waals surface area contributed by atoms with Crippen LogP contribution in [0, 0.1) is 0 Å². The van der Waals surface area contributed by atoms with Gasteiger partial charge in [-0.1, -0.05) is 5.16 Å². The largest absolute Gasteiger partial charge is 0.334 e. The Labute approximate surface area is 114 Å². The lowest BCUT2D eigenvalue weighted by molar-refractivity contribution is 0.244. The SMILES string of the molecule is CN(Cc1noc(-c2ccsc2)n1)[C@@H]1CCSC1. The lowest BCUT2D eigenvalue weighted by atomic mass is 10.2. The summed E-state index contributed by atoms with van der Waals surface area (Å²) in [6.45, 7) is 0.763. The van der Waals surface area contributed by atoms with E-state index in [0.717, 1.165) is 17.9 Å². The Hall–Kier alpha value is -0.850. The van der Waals surface area contributed by atoms with Gasteiger partial charge in [-0.3, -0.25) is 4.90 Å². The second-order valence-corrected chi connectivity index (χ2v) is 6.39. The average molecular weight is 281 g/mol. The zero-order valence-electron chi connectivity index (χ0n) is 10.2. The molecule has 0 bridgehead atoms. The van der Waals surface area contributed by atoms with Gasteiger partial charge in [0.15, 0.2) is 5.82 Å². The normalized spacial score (nSPS) is 19.8. The van der Waals surface area contributed by atoms with Gasteiger partial charge in [0.05, 0.1) is 12.1 Å². The molecule has 2 aromatic heterocycles. The molecule has 0 aromatic carbocycles. The molecule has 1 saturated heterocycles. The summed E-state index contributed by atoms with van der Waals surface area (Å²) in [6.07, 6.45) is 1.26. The predicted molar refractivity (Wildman–Crippen MR) is 74.8 cm³/mol. The van der Waals surface area contributed by atoms with Crippen molar-refractivity contribution >= 4 is 23.1 Å². The number of nitrogens with zero attached hydrogens (tertiary/aromatic N) is 3. The molecule has 0 spiro atoms. The highest BCUT2D eigenvalue weighted by molar-refractivity contribution is 7.99. The summed E-state index contributed by atoms with van der Waals surface area (Å²) in [4.78, 5) is 6.77. The van der Waals surface area contributed by atoms with Crippen molar-refractivity contribution in [3.05, 3.63) is 22.7 Å². The predicted octanol–water partition coefficient (Wildman–Crippen LogP) is 2.74. The molecule has 0 aliphatic carbocycles. The van der Waals surface area contributed by atoms with Crippen LogP contribution >= 0.6 is 23.1 Å². The highest BCUT2D eigenvalue weighted by atomic mass is 32.2. The van der Waals surface area contributed by atoms with Crippen LogP contribution in [0.3, 0.4) is 0 Å². The van der Waals surface area contributed by atoms with Crippen molar-refractivity contribution in [2.75, 3.05) is 18.6 Å². The van der Waals surface area contributed by atoms with Crippen molar-refractivity contribution in [1.82, 2.24) is 15.0 Å². The smallest absolute Gasteiger partial charge is 0.258 e. The van der Waals surface area contributed by atoms with E-state index in [0.29, 0.717) is 11.9 Å². The second-order valence-electron chi connectivity index (χ2n) is 4.46. The first-order chi connectivity index (χ1) is 8.83. The van der Waals surface area contributed by atoms with Crippen LogP contribution in [0.25, 0.3) is 11.5 Å². The highest BCUT2D eigenvalue weighted by Gasteiger charge is 2.21. The maximum Gasteiger partial charge on any atom is 0.258 e. The maximum atomic E-state index is 5.29. The van der Waals surface area contributed by atoms with Gasteiger partial charge < -0.3 is 4.52 Å². The van der Waals surface area contributed by atoms with Crippen molar-refractivity contribution in [3.8, 4) is 11.5 Å². The summed E-state index contributed by atoms with van der Waals surface area (Å²) in [6, 6.07) is 2.65. The Balaban J connectivity index is 1.66. The molecule has 18 heavy (non-hydrogen) atoms. The van der Waals surface area contributed by atoms with E-state index >= 15 is 0 Å². The minimum absolute atomic E-state index is 0.625. The molecule has 1 aliphatic heterocycles.